The van der Waals surface area contributed by atoms with Gasteiger partial charge in [-0.3, -0.25) is 10.1 Å². The van der Waals surface area contributed by atoms with Gasteiger partial charge < -0.3 is 20.6 Å². The standard InChI is InChI=1S/C12H17N5O4/c1-2-9-7-16(3-4-21-9)12-10(17(19)20)5-8(6-14-12)11(13)15-18/h5-6,9,18H,2-4,7H2,1H3,(H2,13,15). The molecule has 1 saturated heterocycles. The lowest BCUT2D eigenvalue weighted by Gasteiger charge is -2.32. The van der Waals surface area contributed by atoms with Crippen LogP contribution in [-0.4, -0.2) is 46.8 Å². The van der Waals surface area contributed by atoms with Crippen LogP contribution in [0.3, 0.4) is 0 Å². The van der Waals surface area contributed by atoms with Crippen LogP contribution in [0, 0.1) is 10.1 Å². The number of oxime groups is 1. The highest BCUT2D eigenvalue weighted by molar-refractivity contribution is 5.97. The zero-order chi connectivity index (χ0) is 15.4. The van der Waals surface area contributed by atoms with Crippen LogP contribution in [0.4, 0.5) is 11.5 Å². The summed E-state index contributed by atoms with van der Waals surface area (Å²) in [6.45, 7) is 3.58. The summed E-state index contributed by atoms with van der Waals surface area (Å²) in [4.78, 5) is 16.7. The Morgan fingerprint density at radius 1 is 1.76 bits per heavy atom. The number of ether oxygens (including phenoxy) is 1. The predicted octanol–water partition coefficient (Wildman–Crippen LogP) is 0.699. The predicted molar refractivity (Wildman–Crippen MR) is 75.6 cm³/mol. The van der Waals surface area contributed by atoms with Gasteiger partial charge in [0.25, 0.3) is 0 Å². The zero-order valence-corrected chi connectivity index (χ0v) is 11.6. The van der Waals surface area contributed by atoms with Crippen molar-refractivity contribution in [3.63, 3.8) is 0 Å². The third-order valence-electron chi connectivity index (χ3n) is 3.34. The number of pyridine rings is 1. The van der Waals surface area contributed by atoms with E-state index in [0.29, 0.717) is 19.7 Å². The third-order valence-corrected chi connectivity index (χ3v) is 3.34. The second kappa shape index (κ2) is 6.35. The molecule has 0 bridgehead atoms. The van der Waals surface area contributed by atoms with Crippen LogP contribution in [0.1, 0.15) is 18.9 Å². The summed E-state index contributed by atoms with van der Waals surface area (Å²) in [5, 5.41) is 22.7. The van der Waals surface area contributed by atoms with Gasteiger partial charge in [0.1, 0.15) is 0 Å². The Hall–Kier alpha value is -2.42. The minimum absolute atomic E-state index is 0.0314. The van der Waals surface area contributed by atoms with Gasteiger partial charge in [0.15, 0.2) is 5.84 Å². The lowest BCUT2D eigenvalue weighted by Crippen LogP contribution is -2.42. The van der Waals surface area contributed by atoms with Crippen LogP contribution >= 0.6 is 0 Å². The van der Waals surface area contributed by atoms with E-state index in [2.05, 4.69) is 10.1 Å². The highest BCUT2D eigenvalue weighted by atomic mass is 16.6. The Bertz CT molecular complexity index is 563. The first-order valence-electron chi connectivity index (χ1n) is 6.55. The average Bonchev–Trinajstić information content (AvgIpc) is 2.53. The van der Waals surface area contributed by atoms with E-state index in [0.717, 1.165) is 6.42 Å². The molecule has 1 aromatic heterocycles. The van der Waals surface area contributed by atoms with Crippen molar-refractivity contribution in [1.82, 2.24) is 4.98 Å². The first kappa shape index (κ1) is 15.0. The monoisotopic (exact) mass is 295 g/mol. The maximum Gasteiger partial charge on any atom is 0.312 e. The van der Waals surface area contributed by atoms with Crippen LogP contribution in [0.2, 0.25) is 0 Å². The van der Waals surface area contributed by atoms with E-state index >= 15 is 0 Å². The molecule has 21 heavy (non-hydrogen) atoms. The van der Waals surface area contributed by atoms with E-state index in [1.165, 1.54) is 12.3 Å². The number of rotatable bonds is 4. The largest absolute Gasteiger partial charge is 0.409 e. The number of hydrogen-bond donors (Lipinski definition) is 2. The Labute approximate surface area is 121 Å². The Morgan fingerprint density at radius 3 is 3.14 bits per heavy atom. The topological polar surface area (TPSA) is 127 Å². The molecule has 1 unspecified atom stereocenters. The van der Waals surface area contributed by atoms with Gasteiger partial charge in [-0.2, -0.15) is 0 Å². The highest BCUT2D eigenvalue weighted by Crippen LogP contribution is 2.28. The number of amidine groups is 1. The van der Waals surface area contributed by atoms with Crippen LogP contribution in [-0.2, 0) is 4.74 Å². The van der Waals surface area contributed by atoms with Gasteiger partial charge in [0.05, 0.1) is 17.6 Å². The Balaban J connectivity index is 2.36. The molecule has 0 radical (unpaired) electrons. The van der Waals surface area contributed by atoms with Crippen LogP contribution in [0.5, 0.6) is 0 Å². The van der Waals surface area contributed by atoms with E-state index in [9.17, 15) is 10.1 Å². The molecule has 1 atom stereocenters. The fraction of sp³-hybridized carbons (Fsp3) is 0.500. The number of nitrogens with two attached hydrogens (primary N) is 1. The summed E-state index contributed by atoms with van der Waals surface area (Å²) in [6.07, 6.45) is 2.21. The first-order valence-corrected chi connectivity index (χ1v) is 6.55. The van der Waals surface area contributed by atoms with Crippen molar-refractivity contribution in [2.45, 2.75) is 19.4 Å². The number of aromatic nitrogens is 1. The molecule has 1 fully saturated rings. The first-order chi connectivity index (χ1) is 10.1. The molecule has 114 valence electrons. The molecule has 0 aliphatic carbocycles. The van der Waals surface area contributed by atoms with Gasteiger partial charge in [0, 0.05) is 30.9 Å². The van der Waals surface area contributed by atoms with E-state index in [4.69, 9.17) is 15.7 Å². The van der Waals surface area contributed by atoms with Crippen molar-refractivity contribution in [2.75, 3.05) is 24.6 Å². The van der Waals surface area contributed by atoms with Crippen molar-refractivity contribution < 1.29 is 14.9 Å². The molecular weight excluding hydrogens is 278 g/mol. The van der Waals surface area contributed by atoms with E-state index in [1.54, 1.807) is 0 Å². The summed E-state index contributed by atoms with van der Waals surface area (Å²) in [6, 6.07) is 1.26. The molecule has 0 aromatic carbocycles. The molecule has 9 nitrogen and oxygen atoms in total. The minimum Gasteiger partial charge on any atom is -0.409 e. The van der Waals surface area contributed by atoms with Gasteiger partial charge in [-0.25, -0.2) is 4.98 Å². The van der Waals surface area contributed by atoms with Crippen molar-refractivity contribution >= 4 is 17.3 Å². The van der Waals surface area contributed by atoms with Crippen LogP contribution in [0.15, 0.2) is 17.4 Å². The summed E-state index contributed by atoms with van der Waals surface area (Å²) >= 11 is 0. The summed E-state index contributed by atoms with van der Waals surface area (Å²) in [7, 11) is 0. The number of nitro groups is 1. The van der Waals surface area contributed by atoms with E-state index in [-0.39, 0.29) is 29.0 Å². The molecule has 2 rings (SSSR count). The third kappa shape index (κ3) is 3.19. The number of morpholine rings is 1. The molecule has 9 heteroatoms. The summed E-state index contributed by atoms with van der Waals surface area (Å²) in [5.74, 6) is 0.0572. The fourth-order valence-corrected chi connectivity index (χ4v) is 2.18. The van der Waals surface area contributed by atoms with E-state index < -0.39 is 4.92 Å². The van der Waals surface area contributed by atoms with Crippen molar-refractivity contribution in [3.05, 3.63) is 27.9 Å². The second-order valence-corrected chi connectivity index (χ2v) is 4.66. The molecule has 0 saturated carbocycles. The SMILES string of the molecule is CCC1CN(c2ncc(C(N)=NO)cc2[N+](=O)[O-])CCO1. The van der Waals surface area contributed by atoms with Crippen molar-refractivity contribution in [1.29, 1.82) is 0 Å². The average molecular weight is 295 g/mol. The van der Waals surface area contributed by atoms with Gasteiger partial charge >= 0.3 is 5.69 Å². The highest BCUT2D eigenvalue weighted by Gasteiger charge is 2.27. The Kier molecular flexibility index (Phi) is 4.53. The molecule has 2 heterocycles. The molecule has 3 N–H and O–H groups in total. The number of hydrogen-bond acceptors (Lipinski definition) is 7. The fourth-order valence-electron chi connectivity index (χ4n) is 2.18. The smallest absolute Gasteiger partial charge is 0.312 e. The van der Waals surface area contributed by atoms with Gasteiger partial charge in [-0.15, -0.1) is 0 Å². The van der Waals surface area contributed by atoms with Crippen molar-refractivity contribution in [2.24, 2.45) is 10.9 Å². The molecule has 1 aromatic rings. The molecule has 1 aliphatic rings. The minimum atomic E-state index is -0.521. The molecule has 0 amide bonds. The van der Waals surface area contributed by atoms with E-state index in [1.807, 2.05) is 11.8 Å². The summed E-state index contributed by atoms with van der Waals surface area (Å²) in [5.41, 5.74) is 5.47. The zero-order valence-electron chi connectivity index (χ0n) is 11.6. The van der Waals surface area contributed by atoms with Crippen molar-refractivity contribution in [3.8, 4) is 0 Å². The quantitative estimate of drug-likeness (QED) is 0.275. The van der Waals surface area contributed by atoms with Gasteiger partial charge in [-0.05, 0) is 6.42 Å². The Morgan fingerprint density at radius 2 is 2.52 bits per heavy atom. The molecule has 0 spiro atoms. The normalized spacial score (nSPS) is 19.6. The summed E-state index contributed by atoms with van der Waals surface area (Å²) < 4.78 is 5.55. The van der Waals surface area contributed by atoms with Gasteiger partial charge in [-0.1, -0.05) is 12.1 Å². The van der Waals surface area contributed by atoms with Gasteiger partial charge in [0.2, 0.25) is 5.82 Å². The van der Waals surface area contributed by atoms with Crippen LogP contribution in [0.25, 0.3) is 0 Å². The number of nitrogens with zero attached hydrogens (tertiary/aromatic N) is 4. The maximum atomic E-state index is 11.2. The van der Waals surface area contributed by atoms with Crippen LogP contribution < -0.4 is 10.6 Å². The lowest BCUT2D eigenvalue weighted by atomic mass is 10.2. The maximum absolute atomic E-state index is 11.2. The number of anilines is 1. The molecular formula is C12H17N5O4. The molecule has 1 aliphatic heterocycles. The lowest BCUT2D eigenvalue weighted by molar-refractivity contribution is -0.384. The second-order valence-electron chi connectivity index (χ2n) is 4.66.